The van der Waals surface area contributed by atoms with Crippen LogP contribution >= 0.6 is 0 Å². The van der Waals surface area contributed by atoms with Crippen molar-refractivity contribution >= 4 is 11.0 Å². The monoisotopic (exact) mass is 378 g/mol. The Bertz CT molecular complexity index is 1190. The van der Waals surface area contributed by atoms with E-state index >= 15 is 0 Å². The summed E-state index contributed by atoms with van der Waals surface area (Å²) in [6, 6.07) is 4.98. The van der Waals surface area contributed by atoms with Gasteiger partial charge in [0.2, 0.25) is 0 Å². The molecule has 0 spiro atoms. The van der Waals surface area contributed by atoms with Crippen molar-refractivity contribution in [1.29, 1.82) is 0 Å². The molecule has 5 heterocycles. The summed E-state index contributed by atoms with van der Waals surface area (Å²) in [5, 5.41) is 9.42. The lowest BCUT2D eigenvalue weighted by Crippen LogP contribution is -2.36. The van der Waals surface area contributed by atoms with E-state index in [2.05, 4.69) is 15.1 Å². The molecular weight excluding hydrogens is 359 g/mol. The van der Waals surface area contributed by atoms with Crippen molar-refractivity contribution in [3.63, 3.8) is 0 Å². The molecule has 0 saturated carbocycles. The summed E-state index contributed by atoms with van der Waals surface area (Å²) in [5.74, 6) is -0.380. The molecule has 0 unspecified atom stereocenters. The first-order valence-corrected chi connectivity index (χ1v) is 9.06. The molecule has 0 radical (unpaired) electrons. The second kappa shape index (κ2) is 5.93. The Morgan fingerprint density at radius 1 is 1.14 bits per heavy atom. The zero-order chi connectivity index (χ0) is 19.5. The standard InChI is InChI=1S/C20H19FN6O/c1-20(2)11-27-16(10-28-20)17(19(25-27)14-5-4-12(21)8-23-14)13-6-7-22-15-9-26(3)24-18(13)15/h4-9H,10-11H2,1-3H3. The van der Waals surface area contributed by atoms with Gasteiger partial charge in [-0.25, -0.2) is 4.39 Å². The van der Waals surface area contributed by atoms with Crippen molar-refractivity contribution in [2.24, 2.45) is 7.05 Å². The first-order valence-electron chi connectivity index (χ1n) is 9.06. The molecule has 0 bridgehead atoms. The largest absolute Gasteiger partial charge is 0.367 e. The number of nitrogens with zero attached hydrogens (tertiary/aromatic N) is 6. The molecule has 0 aliphatic carbocycles. The molecule has 0 N–H and O–H groups in total. The lowest BCUT2D eigenvalue weighted by molar-refractivity contribution is -0.0657. The van der Waals surface area contributed by atoms with E-state index in [1.165, 1.54) is 12.3 Å². The van der Waals surface area contributed by atoms with Crippen LogP contribution in [0.2, 0.25) is 0 Å². The molecule has 0 saturated heterocycles. The molecule has 5 rings (SSSR count). The first kappa shape index (κ1) is 17.0. The number of fused-ring (bicyclic) bond motifs is 2. The third-order valence-corrected chi connectivity index (χ3v) is 4.95. The maximum absolute atomic E-state index is 13.4. The Morgan fingerprint density at radius 3 is 2.79 bits per heavy atom. The van der Waals surface area contributed by atoms with Crippen LogP contribution in [-0.4, -0.2) is 35.1 Å². The van der Waals surface area contributed by atoms with Crippen molar-refractivity contribution in [2.45, 2.75) is 32.6 Å². The third-order valence-electron chi connectivity index (χ3n) is 4.95. The van der Waals surface area contributed by atoms with Gasteiger partial charge < -0.3 is 4.74 Å². The fourth-order valence-corrected chi connectivity index (χ4v) is 3.66. The maximum atomic E-state index is 13.4. The van der Waals surface area contributed by atoms with Gasteiger partial charge in [0.1, 0.15) is 22.5 Å². The van der Waals surface area contributed by atoms with Crippen molar-refractivity contribution in [3.05, 3.63) is 48.3 Å². The van der Waals surface area contributed by atoms with Gasteiger partial charge in [-0.05, 0) is 32.0 Å². The smallest absolute Gasteiger partial charge is 0.141 e. The zero-order valence-corrected chi connectivity index (χ0v) is 15.8. The fraction of sp³-hybridized carbons (Fsp3) is 0.300. The van der Waals surface area contributed by atoms with Crippen LogP contribution in [-0.2, 0) is 24.9 Å². The van der Waals surface area contributed by atoms with E-state index in [0.717, 1.165) is 27.9 Å². The highest BCUT2D eigenvalue weighted by Gasteiger charge is 2.32. The molecule has 0 fully saturated rings. The first-order chi connectivity index (χ1) is 13.4. The summed E-state index contributed by atoms with van der Waals surface area (Å²) in [6.45, 7) is 5.12. The van der Waals surface area contributed by atoms with Gasteiger partial charge in [0.25, 0.3) is 0 Å². The Labute approximate surface area is 160 Å². The highest BCUT2D eigenvalue weighted by molar-refractivity contribution is 5.96. The van der Waals surface area contributed by atoms with E-state index in [4.69, 9.17) is 9.84 Å². The Balaban J connectivity index is 1.80. The number of hydrogen-bond donors (Lipinski definition) is 0. The number of aryl methyl sites for hydroxylation is 1. The van der Waals surface area contributed by atoms with E-state index in [0.29, 0.717) is 24.5 Å². The second-order valence-electron chi connectivity index (χ2n) is 7.63. The van der Waals surface area contributed by atoms with Gasteiger partial charge in [0, 0.05) is 24.4 Å². The molecular formula is C20H19FN6O. The molecule has 28 heavy (non-hydrogen) atoms. The Morgan fingerprint density at radius 2 is 2.00 bits per heavy atom. The highest BCUT2D eigenvalue weighted by Crippen LogP contribution is 2.39. The van der Waals surface area contributed by atoms with E-state index < -0.39 is 0 Å². The van der Waals surface area contributed by atoms with Crippen LogP contribution in [0.15, 0.2) is 36.8 Å². The molecule has 1 aliphatic heterocycles. The van der Waals surface area contributed by atoms with Crippen molar-refractivity contribution in [2.75, 3.05) is 0 Å². The summed E-state index contributed by atoms with van der Waals surface area (Å²) >= 11 is 0. The van der Waals surface area contributed by atoms with Gasteiger partial charge in [0.05, 0.1) is 42.5 Å². The summed E-state index contributed by atoms with van der Waals surface area (Å²) in [5.41, 5.74) is 5.34. The van der Waals surface area contributed by atoms with Crippen molar-refractivity contribution in [1.82, 2.24) is 29.5 Å². The number of halogens is 1. The zero-order valence-electron chi connectivity index (χ0n) is 15.8. The predicted molar refractivity (Wildman–Crippen MR) is 102 cm³/mol. The summed E-state index contributed by atoms with van der Waals surface area (Å²) < 4.78 is 23.2. The number of rotatable bonds is 2. The fourth-order valence-electron chi connectivity index (χ4n) is 3.66. The van der Waals surface area contributed by atoms with E-state index in [1.807, 2.05) is 37.8 Å². The second-order valence-corrected chi connectivity index (χ2v) is 7.63. The molecule has 4 aromatic rings. The molecule has 0 aromatic carbocycles. The maximum Gasteiger partial charge on any atom is 0.141 e. The number of ether oxygens (including phenoxy) is 1. The van der Waals surface area contributed by atoms with Gasteiger partial charge >= 0.3 is 0 Å². The van der Waals surface area contributed by atoms with Crippen LogP contribution < -0.4 is 0 Å². The highest BCUT2D eigenvalue weighted by atomic mass is 19.1. The van der Waals surface area contributed by atoms with Crippen molar-refractivity contribution < 1.29 is 9.13 Å². The minimum absolute atomic E-state index is 0.317. The van der Waals surface area contributed by atoms with Crippen LogP contribution in [0.25, 0.3) is 33.5 Å². The molecule has 4 aromatic heterocycles. The quantitative estimate of drug-likeness (QED) is 0.535. The van der Waals surface area contributed by atoms with Crippen LogP contribution in [0.1, 0.15) is 19.5 Å². The van der Waals surface area contributed by atoms with Crippen LogP contribution in [0.5, 0.6) is 0 Å². The average Bonchev–Trinajstić information content (AvgIpc) is 3.20. The van der Waals surface area contributed by atoms with E-state index in [9.17, 15) is 4.39 Å². The molecule has 8 heteroatoms. The van der Waals surface area contributed by atoms with E-state index in [1.54, 1.807) is 16.9 Å². The van der Waals surface area contributed by atoms with Gasteiger partial charge in [-0.1, -0.05) is 0 Å². The molecule has 1 aliphatic rings. The van der Waals surface area contributed by atoms with Crippen LogP contribution in [0.3, 0.4) is 0 Å². The Hall–Kier alpha value is -3.13. The summed E-state index contributed by atoms with van der Waals surface area (Å²) in [7, 11) is 1.87. The van der Waals surface area contributed by atoms with Gasteiger partial charge in [-0.3, -0.25) is 19.3 Å². The molecule has 7 nitrogen and oxygen atoms in total. The minimum Gasteiger partial charge on any atom is -0.367 e. The lowest BCUT2D eigenvalue weighted by atomic mass is 9.99. The van der Waals surface area contributed by atoms with Crippen LogP contribution in [0, 0.1) is 5.82 Å². The van der Waals surface area contributed by atoms with Crippen molar-refractivity contribution in [3.8, 4) is 22.5 Å². The van der Waals surface area contributed by atoms with Gasteiger partial charge in [-0.15, -0.1) is 0 Å². The number of hydrogen-bond acceptors (Lipinski definition) is 5. The SMILES string of the molecule is Cn1cc2nccc(-c3c(-c4ccc(F)cn4)nn4c3COC(C)(C)C4)c2n1. The predicted octanol–water partition coefficient (Wildman–Crippen LogP) is 3.34. The third kappa shape index (κ3) is 2.68. The number of aromatic nitrogens is 6. The van der Waals surface area contributed by atoms with Gasteiger partial charge in [-0.2, -0.15) is 10.2 Å². The number of pyridine rings is 2. The minimum atomic E-state index is -0.380. The Kier molecular flexibility index (Phi) is 3.60. The molecule has 0 atom stereocenters. The summed E-state index contributed by atoms with van der Waals surface area (Å²) in [6.07, 6.45) is 4.85. The summed E-state index contributed by atoms with van der Waals surface area (Å²) in [4.78, 5) is 8.68. The molecule has 0 amide bonds. The normalized spacial score (nSPS) is 15.7. The lowest BCUT2D eigenvalue weighted by Gasteiger charge is -2.31. The average molecular weight is 378 g/mol. The topological polar surface area (TPSA) is 70.7 Å². The molecule has 142 valence electrons. The van der Waals surface area contributed by atoms with Gasteiger partial charge in [0.15, 0.2) is 0 Å². The van der Waals surface area contributed by atoms with E-state index in [-0.39, 0.29) is 11.4 Å². The van der Waals surface area contributed by atoms with Crippen LogP contribution in [0.4, 0.5) is 4.39 Å².